The molecule has 0 aliphatic heterocycles. The maximum Gasteiger partial charge on any atom is 0.164 e. The lowest BCUT2D eigenvalue weighted by Gasteiger charge is -2.12. The van der Waals surface area contributed by atoms with Crippen molar-refractivity contribution < 1.29 is 8.83 Å². The van der Waals surface area contributed by atoms with Crippen molar-refractivity contribution in [3.63, 3.8) is 0 Å². The Morgan fingerprint density at radius 2 is 0.814 bits per heavy atom. The number of nitrogens with zero attached hydrogens (tertiary/aromatic N) is 5. The molecule has 0 N–H and O–H groups in total. The van der Waals surface area contributed by atoms with Crippen molar-refractivity contribution in [2.45, 2.75) is 0 Å². The molecule has 5 aromatic heterocycles. The van der Waals surface area contributed by atoms with Gasteiger partial charge in [0.1, 0.15) is 16.7 Å². The second-order valence-corrected chi connectivity index (χ2v) is 17.9. The van der Waals surface area contributed by atoms with Gasteiger partial charge in [0.25, 0.3) is 0 Å². The molecule has 0 fully saturated rings. The van der Waals surface area contributed by atoms with E-state index in [1.165, 1.54) is 21.5 Å². The second kappa shape index (κ2) is 15.0. The Balaban J connectivity index is 0.904. The number of para-hydroxylation sites is 5. The molecule has 0 aliphatic rings. The van der Waals surface area contributed by atoms with Gasteiger partial charge in [0, 0.05) is 65.5 Å². The lowest BCUT2D eigenvalue weighted by atomic mass is 9.97. The zero-order chi connectivity index (χ0) is 45.9. The van der Waals surface area contributed by atoms with E-state index in [1.807, 2.05) is 42.5 Å². The molecule has 0 aliphatic carbocycles. The molecule has 0 saturated carbocycles. The van der Waals surface area contributed by atoms with Crippen LogP contribution < -0.4 is 0 Å². The molecule has 326 valence electrons. The smallest absolute Gasteiger partial charge is 0.164 e. The first-order valence-electron chi connectivity index (χ1n) is 23.5. The van der Waals surface area contributed by atoms with Gasteiger partial charge in [-0.05, 0) is 77.9 Å². The third kappa shape index (κ3) is 5.72. The molecule has 0 unspecified atom stereocenters. The summed E-state index contributed by atoms with van der Waals surface area (Å²) in [6, 6.07) is 78.3. The Bertz CT molecular complexity index is 4510. The molecule has 0 radical (unpaired) electrons. The van der Waals surface area contributed by atoms with E-state index in [-0.39, 0.29) is 0 Å². The van der Waals surface area contributed by atoms with Crippen LogP contribution >= 0.6 is 0 Å². The van der Waals surface area contributed by atoms with Crippen LogP contribution in [0.15, 0.2) is 233 Å². The third-order valence-electron chi connectivity index (χ3n) is 14.0. The molecular weight excluding hydrogens is 859 g/mol. The average molecular weight is 896 g/mol. The number of furan rings is 2. The molecule has 0 bridgehead atoms. The molecule has 0 saturated heterocycles. The average Bonchev–Trinajstić information content (AvgIpc) is 4.19. The molecule has 5 heterocycles. The standard InChI is InChI=1S/C63H37N5O2/c1-2-16-38(17-3-1)61-64-62(40-18-12-19-41(36-40)67-50-27-8-4-20-43(50)44-21-5-9-28-51(44)67)66-63(65-61)48-26-15-32-56-59(48)49-37-39(34-35-55(49)69-56)42-24-14-33-57-58(42)47-25-13-31-54(60(47)70-57)68-52-29-10-6-22-45(52)46-23-7-11-30-53(46)68/h1-37H. The van der Waals surface area contributed by atoms with Gasteiger partial charge in [-0.1, -0.05) is 158 Å². The monoisotopic (exact) mass is 895 g/mol. The van der Waals surface area contributed by atoms with Crippen molar-refractivity contribution in [1.29, 1.82) is 0 Å². The molecule has 0 amide bonds. The number of hydrogen-bond acceptors (Lipinski definition) is 5. The van der Waals surface area contributed by atoms with E-state index in [0.29, 0.717) is 17.5 Å². The summed E-state index contributed by atoms with van der Waals surface area (Å²) in [6.07, 6.45) is 0. The van der Waals surface area contributed by atoms with Crippen LogP contribution in [0.25, 0.3) is 144 Å². The Kier molecular flexibility index (Phi) is 8.23. The van der Waals surface area contributed by atoms with E-state index < -0.39 is 0 Å². The van der Waals surface area contributed by atoms with Gasteiger partial charge in [-0.25, -0.2) is 15.0 Å². The normalized spacial score (nSPS) is 12.0. The summed E-state index contributed by atoms with van der Waals surface area (Å²) in [4.78, 5) is 15.7. The molecule has 0 atom stereocenters. The minimum Gasteiger partial charge on any atom is -0.456 e. The Hall–Kier alpha value is -9.59. The SMILES string of the molecule is c1ccc(-c2nc(-c3cccc(-n4c5ccccc5c5ccccc54)c3)nc(-c3cccc4oc5ccc(-c6cccc7oc8c(-n9c%10ccccc%10c%10ccccc%109)cccc8c67)cc5c34)n2)cc1. The van der Waals surface area contributed by atoms with Gasteiger partial charge in [0.2, 0.25) is 0 Å². The van der Waals surface area contributed by atoms with E-state index in [0.717, 1.165) is 105 Å². The van der Waals surface area contributed by atoms with Crippen molar-refractivity contribution in [1.82, 2.24) is 24.1 Å². The molecule has 15 rings (SSSR count). The fraction of sp³-hybridized carbons (Fsp3) is 0. The summed E-state index contributed by atoms with van der Waals surface area (Å²) in [5, 5.41) is 8.85. The van der Waals surface area contributed by atoms with Crippen LogP contribution in [0.2, 0.25) is 0 Å². The van der Waals surface area contributed by atoms with E-state index in [2.05, 4.69) is 191 Å². The summed E-state index contributed by atoms with van der Waals surface area (Å²) >= 11 is 0. The highest BCUT2D eigenvalue weighted by Gasteiger charge is 2.22. The highest BCUT2D eigenvalue weighted by molar-refractivity contribution is 6.18. The summed E-state index contributed by atoms with van der Waals surface area (Å²) in [5.74, 6) is 1.73. The lowest BCUT2D eigenvalue weighted by molar-refractivity contribution is 0.666. The predicted molar refractivity (Wildman–Crippen MR) is 285 cm³/mol. The number of rotatable bonds is 6. The van der Waals surface area contributed by atoms with E-state index in [9.17, 15) is 0 Å². The zero-order valence-corrected chi connectivity index (χ0v) is 37.4. The van der Waals surface area contributed by atoms with Crippen molar-refractivity contribution in [3.05, 3.63) is 224 Å². The third-order valence-corrected chi connectivity index (χ3v) is 14.0. The van der Waals surface area contributed by atoms with Gasteiger partial charge in [-0.15, -0.1) is 0 Å². The fourth-order valence-corrected chi connectivity index (χ4v) is 10.9. The van der Waals surface area contributed by atoms with Gasteiger partial charge in [0.15, 0.2) is 23.1 Å². The predicted octanol–water partition coefficient (Wildman–Crippen LogP) is 16.5. The number of hydrogen-bond donors (Lipinski definition) is 0. The Morgan fingerprint density at radius 1 is 0.300 bits per heavy atom. The molecule has 0 spiro atoms. The Morgan fingerprint density at radius 3 is 1.50 bits per heavy atom. The summed E-state index contributed by atoms with van der Waals surface area (Å²) < 4.78 is 18.2. The molecule has 15 aromatic rings. The van der Waals surface area contributed by atoms with Crippen LogP contribution in [0, 0.1) is 0 Å². The van der Waals surface area contributed by atoms with Crippen molar-refractivity contribution in [2.24, 2.45) is 0 Å². The first-order chi connectivity index (χ1) is 34.7. The fourth-order valence-electron chi connectivity index (χ4n) is 10.9. The van der Waals surface area contributed by atoms with Gasteiger partial charge in [-0.2, -0.15) is 0 Å². The molecule has 10 aromatic carbocycles. The second-order valence-electron chi connectivity index (χ2n) is 17.9. The molecule has 70 heavy (non-hydrogen) atoms. The molecule has 7 nitrogen and oxygen atoms in total. The maximum atomic E-state index is 6.89. The largest absolute Gasteiger partial charge is 0.456 e. The van der Waals surface area contributed by atoms with Crippen LogP contribution in [-0.2, 0) is 0 Å². The first-order valence-corrected chi connectivity index (χ1v) is 23.5. The van der Waals surface area contributed by atoms with Gasteiger partial charge >= 0.3 is 0 Å². The number of aromatic nitrogens is 5. The summed E-state index contributed by atoms with van der Waals surface area (Å²) in [5.41, 5.74) is 14.5. The minimum atomic E-state index is 0.561. The van der Waals surface area contributed by atoms with Gasteiger partial charge < -0.3 is 18.0 Å². The highest BCUT2D eigenvalue weighted by atomic mass is 16.3. The number of fused-ring (bicyclic) bond motifs is 12. The highest BCUT2D eigenvalue weighted by Crippen LogP contribution is 2.44. The summed E-state index contributed by atoms with van der Waals surface area (Å²) in [6.45, 7) is 0. The van der Waals surface area contributed by atoms with Gasteiger partial charge in [-0.3, -0.25) is 0 Å². The van der Waals surface area contributed by atoms with Crippen molar-refractivity contribution >= 4 is 87.5 Å². The van der Waals surface area contributed by atoms with Gasteiger partial charge in [0.05, 0.1) is 27.8 Å². The van der Waals surface area contributed by atoms with Crippen molar-refractivity contribution in [2.75, 3.05) is 0 Å². The number of benzene rings is 10. The van der Waals surface area contributed by atoms with Crippen LogP contribution in [0.3, 0.4) is 0 Å². The quantitative estimate of drug-likeness (QED) is 0.166. The van der Waals surface area contributed by atoms with Crippen LogP contribution in [-0.4, -0.2) is 24.1 Å². The maximum absolute atomic E-state index is 6.89. The summed E-state index contributed by atoms with van der Waals surface area (Å²) in [7, 11) is 0. The lowest BCUT2D eigenvalue weighted by Crippen LogP contribution is -2.01. The van der Waals surface area contributed by atoms with Crippen LogP contribution in [0.5, 0.6) is 0 Å². The molecule has 7 heteroatoms. The first kappa shape index (κ1) is 38.5. The zero-order valence-electron chi connectivity index (χ0n) is 37.4. The van der Waals surface area contributed by atoms with E-state index >= 15 is 0 Å². The minimum absolute atomic E-state index is 0.561. The topological polar surface area (TPSA) is 74.8 Å². The van der Waals surface area contributed by atoms with Crippen LogP contribution in [0.4, 0.5) is 0 Å². The van der Waals surface area contributed by atoms with E-state index in [1.54, 1.807) is 0 Å². The molecular formula is C63H37N5O2. The van der Waals surface area contributed by atoms with E-state index in [4.69, 9.17) is 23.8 Å². The van der Waals surface area contributed by atoms with Crippen LogP contribution in [0.1, 0.15) is 0 Å². The Labute approximate surface area is 399 Å². The van der Waals surface area contributed by atoms with Crippen molar-refractivity contribution in [3.8, 4) is 56.7 Å².